The molecule has 0 radical (unpaired) electrons. The summed E-state index contributed by atoms with van der Waals surface area (Å²) in [5.74, 6) is 1.45. The summed E-state index contributed by atoms with van der Waals surface area (Å²) >= 11 is 1.16. The lowest BCUT2D eigenvalue weighted by atomic mass is 10.2. The summed E-state index contributed by atoms with van der Waals surface area (Å²) in [5, 5.41) is 0. The maximum Gasteiger partial charge on any atom is 0.279 e. The molecule has 4 rings (SSSR count). The summed E-state index contributed by atoms with van der Waals surface area (Å²) in [5.41, 5.74) is 0.532. The van der Waals surface area contributed by atoms with Crippen molar-refractivity contribution in [3.05, 3.63) is 58.6 Å². The molecule has 30 heavy (non-hydrogen) atoms. The molecule has 1 heterocycles. The average molecular weight is 444 g/mol. The Labute approximate surface area is 177 Å². The van der Waals surface area contributed by atoms with Gasteiger partial charge in [-0.3, -0.25) is 4.79 Å². The van der Waals surface area contributed by atoms with E-state index in [4.69, 9.17) is 6.42 Å². The number of hydrogen-bond donors (Lipinski definition) is 0. The smallest absolute Gasteiger partial charge is 0.279 e. The minimum Gasteiger partial charge on any atom is -0.302 e. The lowest BCUT2D eigenvalue weighted by Crippen LogP contribution is -2.28. The number of rotatable bonds is 5. The molecule has 0 atom stereocenters. The molecule has 154 valence electrons. The van der Waals surface area contributed by atoms with Crippen LogP contribution in [-0.2, 0) is 16.6 Å². The second-order valence-electron chi connectivity index (χ2n) is 6.96. The average Bonchev–Trinajstić information content (AvgIpc) is 3.51. The van der Waals surface area contributed by atoms with Crippen molar-refractivity contribution in [2.45, 2.75) is 30.3 Å². The number of para-hydroxylation sites is 1. The van der Waals surface area contributed by atoms with Crippen LogP contribution in [-0.4, -0.2) is 36.3 Å². The predicted octanol–water partition coefficient (Wildman–Crippen LogP) is 3.00. The molecule has 0 saturated heterocycles. The third-order valence-electron chi connectivity index (χ3n) is 4.94. The molecule has 9 heteroatoms. The standard InChI is InChI=1S/C21H18FN3O3S2/c1-3-13-25-19-17(22)5-4-6-18(19)29-21(25)23-20(26)14-7-11-16(12-8-14)30(27,28)24(2)15-9-10-15/h1,4-8,11-12,15H,9-10,13H2,2H3. The van der Waals surface area contributed by atoms with Gasteiger partial charge in [-0.15, -0.1) is 6.42 Å². The van der Waals surface area contributed by atoms with Crippen molar-refractivity contribution in [2.75, 3.05) is 7.05 Å². The first kappa shape index (κ1) is 20.5. The molecule has 0 spiro atoms. The highest BCUT2D eigenvalue weighted by Gasteiger charge is 2.35. The molecule has 0 bridgehead atoms. The molecule has 2 aromatic carbocycles. The lowest BCUT2D eigenvalue weighted by Gasteiger charge is -2.16. The molecule has 0 N–H and O–H groups in total. The SMILES string of the molecule is C#CCn1c(=NC(=O)c2ccc(S(=O)(=O)N(C)C3CC3)cc2)sc2cccc(F)c21. The van der Waals surface area contributed by atoms with E-state index >= 15 is 0 Å². The van der Waals surface area contributed by atoms with Crippen LogP contribution in [0.4, 0.5) is 4.39 Å². The van der Waals surface area contributed by atoms with Crippen LogP contribution in [0.2, 0.25) is 0 Å². The minimum atomic E-state index is -3.59. The number of benzene rings is 2. The van der Waals surface area contributed by atoms with Crippen molar-refractivity contribution in [3.63, 3.8) is 0 Å². The maximum atomic E-state index is 14.3. The van der Waals surface area contributed by atoms with Gasteiger partial charge in [-0.25, -0.2) is 12.8 Å². The van der Waals surface area contributed by atoms with E-state index in [0.717, 1.165) is 24.2 Å². The number of thiazole rings is 1. The Morgan fingerprint density at radius 1 is 1.30 bits per heavy atom. The fraction of sp³-hybridized carbons (Fsp3) is 0.238. The predicted molar refractivity (Wildman–Crippen MR) is 113 cm³/mol. The summed E-state index contributed by atoms with van der Waals surface area (Å²) in [6.45, 7) is 0.0672. The zero-order valence-corrected chi connectivity index (χ0v) is 17.7. The van der Waals surface area contributed by atoms with Crippen LogP contribution in [0, 0.1) is 18.2 Å². The molecule has 1 amide bonds. The fourth-order valence-electron chi connectivity index (χ4n) is 3.13. The van der Waals surface area contributed by atoms with Crippen molar-refractivity contribution >= 4 is 37.5 Å². The number of sulfonamides is 1. The van der Waals surface area contributed by atoms with Crippen molar-refractivity contribution in [3.8, 4) is 12.3 Å². The second-order valence-corrected chi connectivity index (χ2v) is 9.96. The fourth-order valence-corrected chi connectivity index (χ4v) is 5.59. The van der Waals surface area contributed by atoms with Crippen LogP contribution < -0.4 is 4.80 Å². The van der Waals surface area contributed by atoms with Crippen LogP contribution >= 0.6 is 11.3 Å². The van der Waals surface area contributed by atoms with E-state index in [9.17, 15) is 17.6 Å². The third kappa shape index (κ3) is 3.69. The number of hydrogen-bond acceptors (Lipinski definition) is 4. The van der Waals surface area contributed by atoms with Gasteiger partial charge in [-0.2, -0.15) is 9.30 Å². The van der Waals surface area contributed by atoms with E-state index in [1.807, 2.05) is 0 Å². The topological polar surface area (TPSA) is 71.7 Å². The zero-order chi connectivity index (χ0) is 21.5. The number of amides is 1. The molecule has 0 unspecified atom stereocenters. The molecular formula is C21H18FN3O3S2. The Morgan fingerprint density at radius 3 is 2.63 bits per heavy atom. The summed E-state index contributed by atoms with van der Waals surface area (Å²) < 4.78 is 42.9. The highest BCUT2D eigenvalue weighted by molar-refractivity contribution is 7.89. The first-order chi connectivity index (χ1) is 14.3. The molecule has 1 aliphatic rings. The first-order valence-electron chi connectivity index (χ1n) is 9.21. The number of aromatic nitrogens is 1. The van der Waals surface area contributed by atoms with E-state index in [-0.39, 0.29) is 27.8 Å². The summed E-state index contributed by atoms with van der Waals surface area (Å²) in [4.78, 5) is 17.2. The number of terminal acetylenes is 1. The number of halogens is 1. The van der Waals surface area contributed by atoms with Gasteiger partial charge in [0.15, 0.2) is 4.80 Å². The van der Waals surface area contributed by atoms with Gasteiger partial charge in [-0.05, 0) is 49.2 Å². The van der Waals surface area contributed by atoms with E-state index in [1.54, 1.807) is 19.2 Å². The first-order valence-corrected chi connectivity index (χ1v) is 11.5. The monoisotopic (exact) mass is 443 g/mol. The van der Waals surface area contributed by atoms with Gasteiger partial charge in [0.05, 0.1) is 21.7 Å². The van der Waals surface area contributed by atoms with Crippen LogP contribution in [0.5, 0.6) is 0 Å². The van der Waals surface area contributed by atoms with Gasteiger partial charge in [0.2, 0.25) is 10.0 Å². The van der Waals surface area contributed by atoms with Gasteiger partial charge < -0.3 is 4.57 Å². The highest BCUT2D eigenvalue weighted by atomic mass is 32.2. The van der Waals surface area contributed by atoms with Gasteiger partial charge in [0.25, 0.3) is 5.91 Å². The van der Waals surface area contributed by atoms with Gasteiger partial charge in [0, 0.05) is 18.7 Å². The van der Waals surface area contributed by atoms with Crippen molar-refractivity contribution in [2.24, 2.45) is 4.99 Å². The Morgan fingerprint density at radius 2 is 2.00 bits per heavy atom. The molecule has 1 aromatic heterocycles. The van der Waals surface area contributed by atoms with Gasteiger partial charge >= 0.3 is 0 Å². The Balaban J connectivity index is 1.69. The van der Waals surface area contributed by atoms with E-state index in [0.29, 0.717) is 10.2 Å². The van der Waals surface area contributed by atoms with Crippen LogP contribution in [0.3, 0.4) is 0 Å². The van der Waals surface area contributed by atoms with E-state index < -0.39 is 21.7 Å². The van der Waals surface area contributed by atoms with Crippen molar-refractivity contribution < 1.29 is 17.6 Å². The summed E-state index contributed by atoms with van der Waals surface area (Å²) in [6, 6.07) is 10.3. The van der Waals surface area contributed by atoms with Crippen LogP contribution in [0.1, 0.15) is 23.2 Å². The van der Waals surface area contributed by atoms with Crippen molar-refractivity contribution in [1.29, 1.82) is 0 Å². The molecule has 1 aliphatic carbocycles. The van der Waals surface area contributed by atoms with Crippen LogP contribution in [0.25, 0.3) is 10.2 Å². The normalized spacial score (nSPS) is 14.9. The molecule has 6 nitrogen and oxygen atoms in total. The van der Waals surface area contributed by atoms with Gasteiger partial charge in [-0.1, -0.05) is 23.3 Å². The Bertz CT molecular complexity index is 1340. The molecule has 1 saturated carbocycles. The highest BCUT2D eigenvalue weighted by Crippen LogP contribution is 2.30. The molecular weight excluding hydrogens is 425 g/mol. The summed E-state index contributed by atoms with van der Waals surface area (Å²) in [6.07, 6.45) is 7.12. The van der Waals surface area contributed by atoms with Gasteiger partial charge in [0.1, 0.15) is 5.82 Å². The molecule has 3 aromatic rings. The number of carbonyl (C=O) groups is 1. The Kier molecular flexibility index (Phi) is 5.32. The maximum absolute atomic E-state index is 14.3. The van der Waals surface area contributed by atoms with Crippen LogP contribution in [0.15, 0.2) is 52.4 Å². The summed E-state index contributed by atoms with van der Waals surface area (Å²) in [7, 11) is -2.03. The number of carbonyl (C=O) groups excluding carboxylic acids is 1. The number of fused-ring (bicyclic) bond motifs is 1. The van der Waals surface area contributed by atoms with E-state index in [2.05, 4.69) is 10.9 Å². The Hall–Kier alpha value is -2.80. The third-order valence-corrected chi connectivity index (χ3v) is 7.91. The quantitative estimate of drug-likeness (QED) is 0.569. The lowest BCUT2D eigenvalue weighted by molar-refractivity contribution is 0.0997. The van der Waals surface area contributed by atoms with E-state index in [1.165, 1.54) is 39.2 Å². The zero-order valence-electron chi connectivity index (χ0n) is 16.1. The van der Waals surface area contributed by atoms with Crippen molar-refractivity contribution in [1.82, 2.24) is 8.87 Å². The minimum absolute atomic E-state index is 0.0475. The molecule has 1 fully saturated rings. The largest absolute Gasteiger partial charge is 0.302 e. The second kappa shape index (κ2) is 7.80. The molecule has 0 aliphatic heterocycles. The number of nitrogens with zero attached hydrogens (tertiary/aromatic N) is 3.